The summed E-state index contributed by atoms with van der Waals surface area (Å²) in [4.78, 5) is 4.28. The van der Waals surface area contributed by atoms with E-state index in [-0.39, 0.29) is 18.4 Å². The van der Waals surface area contributed by atoms with E-state index < -0.39 is 6.36 Å². The van der Waals surface area contributed by atoms with E-state index in [1.165, 1.54) is 35.3 Å². The molecule has 1 atom stereocenters. The van der Waals surface area contributed by atoms with Crippen molar-refractivity contribution in [2.24, 2.45) is 0 Å². The second-order valence-electron chi connectivity index (χ2n) is 7.52. The van der Waals surface area contributed by atoms with Gasteiger partial charge in [0.1, 0.15) is 12.1 Å². The molecule has 0 saturated carbocycles. The van der Waals surface area contributed by atoms with Crippen LogP contribution < -0.4 is 15.4 Å². The van der Waals surface area contributed by atoms with Crippen molar-refractivity contribution >= 4 is 38.9 Å². The number of aromatic nitrogens is 3. The van der Waals surface area contributed by atoms with E-state index in [0.29, 0.717) is 16.6 Å². The lowest BCUT2D eigenvalue weighted by molar-refractivity contribution is -0.274. The molecule has 0 saturated heterocycles. The molecule has 12 heteroatoms. The van der Waals surface area contributed by atoms with Crippen molar-refractivity contribution in [3.8, 4) is 22.8 Å². The average Bonchev–Trinajstić information content (AvgIpc) is 3.33. The highest BCUT2D eigenvalue weighted by Crippen LogP contribution is 2.24. The van der Waals surface area contributed by atoms with Crippen molar-refractivity contribution in [1.29, 1.82) is 0 Å². The van der Waals surface area contributed by atoms with Crippen LogP contribution in [0.4, 0.5) is 18.9 Å². The lowest BCUT2D eigenvalue weighted by Gasteiger charge is -2.19. The molecule has 36 heavy (non-hydrogen) atoms. The molecule has 7 nitrogen and oxygen atoms in total. The normalized spacial score (nSPS) is 12.1. The summed E-state index contributed by atoms with van der Waals surface area (Å²) in [5.74, 6) is 0.123. The third-order valence-corrected chi connectivity index (χ3v) is 5.74. The first kappa shape index (κ1) is 25.6. The molecule has 0 aliphatic heterocycles. The fraction of sp³-hybridized carbons (Fsp3) is 0.125. The van der Waals surface area contributed by atoms with Crippen LogP contribution in [0, 0.1) is 0 Å². The second kappa shape index (κ2) is 11.1. The van der Waals surface area contributed by atoms with E-state index >= 15 is 0 Å². The Hall–Kier alpha value is -3.48. The summed E-state index contributed by atoms with van der Waals surface area (Å²) in [5, 5.41) is 20.7. The highest BCUT2D eigenvalue weighted by Gasteiger charge is 2.31. The van der Waals surface area contributed by atoms with Crippen molar-refractivity contribution in [3.63, 3.8) is 0 Å². The van der Waals surface area contributed by atoms with Crippen molar-refractivity contribution in [2.45, 2.75) is 12.4 Å². The number of hydrogen-bond acceptors (Lipinski definition) is 5. The Kier molecular flexibility index (Phi) is 7.87. The van der Waals surface area contributed by atoms with Gasteiger partial charge < -0.3 is 20.5 Å². The van der Waals surface area contributed by atoms with Gasteiger partial charge in [0.15, 0.2) is 10.9 Å². The maximum atomic E-state index is 12.3. The third-order valence-electron chi connectivity index (χ3n) is 4.99. The van der Waals surface area contributed by atoms with Crippen LogP contribution >= 0.6 is 28.1 Å². The van der Waals surface area contributed by atoms with Crippen LogP contribution in [0.15, 0.2) is 83.6 Å². The number of ether oxygens (including phenoxy) is 1. The van der Waals surface area contributed by atoms with E-state index in [4.69, 9.17) is 12.2 Å². The van der Waals surface area contributed by atoms with Crippen LogP contribution in [0.3, 0.4) is 0 Å². The van der Waals surface area contributed by atoms with Crippen molar-refractivity contribution in [3.05, 3.63) is 89.2 Å². The zero-order valence-corrected chi connectivity index (χ0v) is 20.8. The van der Waals surface area contributed by atoms with Gasteiger partial charge in [-0.15, -0.1) is 18.3 Å². The van der Waals surface area contributed by atoms with Crippen molar-refractivity contribution in [1.82, 2.24) is 20.1 Å². The number of thiocarbonyl (C=S) groups is 1. The second-order valence-corrected chi connectivity index (χ2v) is 8.84. The maximum Gasteiger partial charge on any atom is 0.573 e. The quantitative estimate of drug-likeness (QED) is 0.246. The van der Waals surface area contributed by atoms with E-state index in [2.05, 4.69) is 41.4 Å². The number of rotatable bonds is 7. The number of anilines is 1. The fourth-order valence-corrected chi connectivity index (χ4v) is 3.80. The molecule has 1 aromatic heterocycles. The van der Waals surface area contributed by atoms with Crippen LogP contribution in [-0.2, 0) is 0 Å². The summed E-state index contributed by atoms with van der Waals surface area (Å²) >= 11 is 8.77. The number of halogens is 4. The Morgan fingerprint density at radius 3 is 2.31 bits per heavy atom. The molecule has 3 aromatic carbocycles. The van der Waals surface area contributed by atoms with Gasteiger partial charge in [-0.25, -0.2) is 9.67 Å². The maximum absolute atomic E-state index is 12.3. The standard InChI is InChI=1S/C24H19BrF3N5O2S/c25-17-5-1-15(2-6-17)21(13-34)31-23(36)30-18-7-3-16(4-8-18)22-29-14-33(32-22)19-9-11-20(12-10-19)35-24(26,27)28/h1-12,14,21,34H,13H2,(H2,30,31,36). The average molecular weight is 578 g/mol. The van der Waals surface area contributed by atoms with Crippen molar-refractivity contribution in [2.75, 3.05) is 11.9 Å². The number of aliphatic hydroxyl groups excluding tert-OH is 1. The first-order valence-corrected chi connectivity index (χ1v) is 11.7. The first-order valence-electron chi connectivity index (χ1n) is 10.5. The lowest BCUT2D eigenvalue weighted by Crippen LogP contribution is -2.34. The lowest BCUT2D eigenvalue weighted by atomic mass is 10.1. The summed E-state index contributed by atoms with van der Waals surface area (Å²) in [6.45, 7) is -0.130. The minimum absolute atomic E-state index is 0.130. The topological polar surface area (TPSA) is 84.2 Å². The summed E-state index contributed by atoms with van der Waals surface area (Å²) in [6.07, 6.45) is -3.28. The van der Waals surface area contributed by atoms with Gasteiger partial charge in [-0.05, 0) is 78.4 Å². The molecule has 0 aliphatic carbocycles. The van der Waals surface area contributed by atoms with Gasteiger partial charge in [0.2, 0.25) is 0 Å². The van der Waals surface area contributed by atoms with E-state index in [9.17, 15) is 18.3 Å². The Bertz CT molecular complexity index is 1310. The molecular formula is C24H19BrF3N5O2S. The summed E-state index contributed by atoms with van der Waals surface area (Å²) in [6, 6.07) is 19.8. The van der Waals surface area contributed by atoms with Gasteiger partial charge >= 0.3 is 6.36 Å². The molecule has 3 N–H and O–H groups in total. The van der Waals surface area contributed by atoms with Gasteiger partial charge in [0.05, 0.1) is 18.3 Å². The zero-order valence-electron chi connectivity index (χ0n) is 18.4. The SMILES string of the molecule is OCC(NC(=S)Nc1ccc(-c2ncn(-c3ccc(OC(F)(F)F)cc3)n2)cc1)c1ccc(Br)cc1. The fourth-order valence-electron chi connectivity index (χ4n) is 3.28. The minimum atomic E-state index is -4.75. The first-order chi connectivity index (χ1) is 17.2. The molecule has 186 valence electrons. The highest BCUT2D eigenvalue weighted by molar-refractivity contribution is 9.10. The van der Waals surface area contributed by atoms with Gasteiger partial charge in [-0.3, -0.25) is 0 Å². The predicted octanol–water partition coefficient (Wildman–Crippen LogP) is 5.62. The van der Waals surface area contributed by atoms with Crippen LogP contribution in [0.5, 0.6) is 5.75 Å². The molecule has 0 spiro atoms. The molecule has 1 heterocycles. The highest BCUT2D eigenvalue weighted by atomic mass is 79.9. The smallest absolute Gasteiger partial charge is 0.406 e. The summed E-state index contributed by atoms with van der Waals surface area (Å²) in [5.41, 5.74) is 2.88. The Balaban J connectivity index is 1.38. The monoisotopic (exact) mass is 577 g/mol. The molecule has 4 aromatic rings. The number of aliphatic hydroxyl groups is 1. The number of nitrogens with one attached hydrogen (secondary N) is 2. The van der Waals surface area contributed by atoms with Gasteiger partial charge in [0.25, 0.3) is 0 Å². The van der Waals surface area contributed by atoms with Crippen LogP contribution in [0.1, 0.15) is 11.6 Å². The van der Waals surface area contributed by atoms with Gasteiger partial charge in [-0.2, -0.15) is 0 Å². The van der Waals surface area contributed by atoms with E-state index in [1.54, 1.807) is 12.1 Å². The third kappa shape index (κ3) is 6.80. The number of benzene rings is 3. The summed E-state index contributed by atoms with van der Waals surface area (Å²) < 4.78 is 43.3. The molecular weight excluding hydrogens is 559 g/mol. The molecule has 0 radical (unpaired) electrons. The molecule has 0 bridgehead atoms. The number of alkyl halides is 3. The molecule has 0 aliphatic rings. The number of hydrogen-bond donors (Lipinski definition) is 3. The van der Waals surface area contributed by atoms with Crippen LogP contribution in [0.2, 0.25) is 0 Å². The predicted molar refractivity (Wildman–Crippen MR) is 137 cm³/mol. The number of nitrogens with zero attached hydrogens (tertiary/aromatic N) is 3. The molecule has 1 unspecified atom stereocenters. The van der Waals surface area contributed by atoms with Gasteiger partial charge in [-0.1, -0.05) is 28.1 Å². The van der Waals surface area contributed by atoms with Crippen LogP contribution in [0.25, 0.3) is 17.1 Å². The summed E-state index contributed by atoms with van der Waals surface area (Å²) in [7, 11) is 0. The van der Waals surface area contributed by atoms with E-state index in [1.807, 2.05) is 36.4 Å². The molecule has 0 amide bonds. The van der Waals surface area contributed by atoms with Gasteiger partial charge in [0, 0.05) is 15.7 Å². The van der Waals surface area contributed by atoms with Crippen molar-refractivity contribution < 1.29 is 23.0 Å². The Morgan fingerprint density at radius 1 is 1.03 bits per heavy atom. The van der Waals surface area contributed by atoms with Crippen LogP contribution in [-0.4, -0.2) is 38.0 Å². The Morgan fingerprint density at radius 2 is 1.69 bits per heavy atom. The Labute approximate surface area is 218 Å². The zero-order chi connectivity index (χ0) is 25.7. The largest absolute Gasteiger partial charge is 0.573 e. The minimum Gasteiger partial charge on any atom is -0.406 e. The van der Waals surface area contributed by atoms with E-state index in [0.717, 1.165) is 21.3 Å². The molecule has 4 rings (SSSR count). The molecule has 0 fully saturated rings.